The van der Waals surface area contributed by atoms with E-state index in [4.69, 9.17) is 15.0 Å². The molecule has 0 radical (unpaired) electrons. The molecule has 4 heteroatoms. The smallest absolute Gasteiger partial charge is 0.101 e. The summed E-state index contributed by atoms with van der Waals surface area (Å²) in [6.45, 7) is 2.88. The fourth-order valence-electron chi connectivity index (χ4n) is 2.41. The predicted molar refractivity (Wildman–Crippen MR) is 66.3 cm³/mol. The third-order valence-electron chi connectivity index (χ3n) is 3.40. The van der Waals surface area contributed by atoms with Crippen molar-refractivity contribution in [2.24, 2.45) is 5.84 Å². The standard InChI is InChI=1S/C13H22N2O2/c1-10-8-11(9-17-10)13(15-14)6-2-4-12-5-3-7-16-12/h8-9,12-13,15H,2-7,14H2,1H3. The number of ether oxygens (including phenoxy) is 1. The van der Waals surface area contributed by atoms with E-state index < -0.39 is 0 Å². The number of furan rings is 1. The first-order valence-corrected chi connectivity index (χ1v) is 6.42. The summed E-state index contributed by atoms with van der Waals surface area (Å²) in [4.78, 5) is 0. The van der Waals surface area contributed by atoms with Gasteiger partial charge in [-0.3, -0.25) is 11.3 Å². The van der Waals surface area contributed by atoms with Gasteiger partial charge in [-0.25, -0.2) is 0 Å². The predicted octanol–water partition coefficient (Wildman–Crippen LogP) is 2.44. The van der Waals surface area contributed by atoms with Crippen LogP contribution in [0.15, 0.2) is 16.7 Å². The van der Waals surface area contributed by atoms with Crippen LogP contribution >= 0.6 is 0 Å². The van der Waals surface area contributed by atoms with E-state index >= 15 is 0 Å². The third kappa shape index (κ3) is 3.56. The Balaban J connectivity index is 1.75. The van der Waals surface area contributed by atoms with Gasteiger partial charge in [0.2, 0.25) is 0 Å². The lowest BCUT2D eigenvalue weighted by Crippen LogP contribution is -2.27. The minimum Gasteiger partial charge on any atom is -0.469 e. The molecule has 2 atom stereocenters. The molecule has 0 saturated carbocycles. The number of hydrogen-bond donors (Lipinski definition) is 2. The van der Waals surface area contributed by atoms with Crippen molar-refractivity contribution < 1.29 is 9.15 Å². The van der Waals surface area contributed by atoms with Crippen LogP contribution in [-0.2, 0) is 4.74 Å². The van der Waals surface area contributed by atoms with Crippen molar-refractivity contribution in [3.8, 4) is 0 Å². The third-order valence-corrected chi connectivity index (χ3v) is 3.40. The van der Waals surface area contributed by atoms with Crippen molar-refractivity contribution in [2.45, 2.75) is 51.2 Å². The second-order valence-corrected chi connectivity index (χ2v) is 4.78. The molecule has 0 aromatic carbocycles. The molecule has 3 N–H and O–H groups in total. The Morgan fingerprint density at radius 2 is 2.47 bits per heavy atom. The van der Waals surface area contributed by atoms with E-state index in [0.29, 0.717) is 6.10 Å². The number of aryl methyl sites for hydroxylation is 1. The Kier molecular flexibility index (Phi) is 4.59. The van der Waals surface area contributed by atoms with Crippen LogP contribution in [0.25, 0.3) is 0 Å². The monoisotopic (exact) mass is 238 g/mol. The topological polar surface area (TPSA) is 60.4 Å². The highest BCUT2D eigenvalue weighted by Crippen LogP contribution is 2.23. The maximum atomic E-state index is 5.61. The lowest BCUT2D eigenvalue weighted by Gasteiger charge is -2.15. The quantitative estimate of drug-likeness (QED) is 0.590. The van der Waals surface area contributed by atoms with Gasteiger partial charge in [0.1, 0.15) is 5.76 Å². The fraction of sp³-hybridized carbons (Fsp3) is 0.692. The van der Waals surface area contributed by atoms with E-state index in [1.165, 1.54) is 12.8 Å². The van der Waals surface area contributed by atoms with Gasteiger partial charge in [0, 0.05) is 18.2 Å². The Bertz CT molecular complexity index is 332. The van der Waals surface area contributed by atoms with Gasteiger partial charge >= 0.3 is 0 Å². The normalized spacial score (nSPS) is 21.9. The molecule has 1 aliphatic heterocycles. The number of nitrogens with one attached hydrogen (secondary N) is 1. The highest BCUT2D eigenvalue weighted by atomic mass is 16.5. The van der Waals surface area contributed by atoms with Gasteiger partial charge in [-0.2, -0.15) is 0 Å². The molecule has 2 heterocycles. The van der Waals surface area contributed by atoms with Gasteiger partial charge in [-0.05, 0) is 45.1 Å². The van der Waals surface area contributed by atoms with Crippen LogP contribution in [0.2, 0.25) is 0 Å². The summed E-state index contributed by atoms with van der Waals surface area (Å²) in [5, 5.41) is 0. The first-order valence-electron chi connectivity index (χ1n) is 6.42. The first-order chi connectivity index (χ1) is 8.29. The van der Waals surface area contributed by atoms with Crippen molar-refractivity contribution in [1.82, 2.24) is 5.43 Å². The van der Waals surface area contributed by atoms with Crippen LogP contribution in [0.3, 0.4) is 0 Å². The van der Waals surface area contributed by atoms with Crippen LogP contribution < -0.4 is 11.3 Å². The van der Waals surface area contributed by atoms with Crippen LogP contribution in [0.5, 0.6) is 0 Å². The largest absolute Gasteiger partial charge is 0.469 e. The molecule has 0 spiro atoms. The van der Waals surface area contributed by atoms with Crippen LogP contribution in [0.1, 0.15) is 49.5 Å². The Morgan fingerprint density at radius 3 is 3.06 bits per heavy atom. The summed E-state index contributed by atoms with van der Waals surface area (Å²) in [6, 6.07) is 2.23. The molecule has 1 aromatic heterocycles. The SMILES string of the molecule is Cc1cc(C(CCCC2CCCO2)NN)co1. The van der Waals surface area contributed by atoms with E-state index in [0.717, 1.165) is 37.2 Å². The molecule has 2 unspecified atom stereocenters. The summed E-state index contributed by atoms with van der Waals surface area (Å²) in [6.07, 6.45) is 7.97. The van der Waals surface area contributed by atoms with Gasteiger partial charge < -0.3 is 9.15 Å². The summed E-state index contributed by atoms with van der Waals surface area (Å²) >= 11 is 0. The lowest BCUT2D eigenvalue weighted by atomic mass is 10.0. The van der Waals surface area contributed by atoms with Gasteiger partial charge in [0.05, 0.1) is 12.4 Å². The highest BCUT2D eigenvalue weighted by molar-refractivity contribution is 5.15. The van der Waals surface area contributed by atoms with Gasteiger partial charge in [-0.15, -0.1) is 0 Å². The maximum absolute atomic E-state index is 5.61. The molecule has 1 aliphatic rings. The molecule has 0 bridgehead atoms. The van der Waals surface area contributed by atoms with Crippen LogP contribution in [0.4, 0.5) is 0 Å². The Morgan fingerprint density at radius 1 is 1.59 bits per heavy atom. The Hall–Kier alpha value is -0.840. The van der Waals surface area contributed by atoms with E-state index in [1.807, 2.05) is 13.0 Å². The van der Waals surface area contributed by atoms with Crippen molar-refractivity contribution in [3.63, 3.8) is 0 Å². The zero-order valence-corrected chi connectivity index (χ0v) is 10.4. The molecule has 1 aromatic rings. The zero-order valence-electron chi connectivity index (χ0n) is 10.4. The van der Waals surface area contributed by atoms with Crippen molar-refractivity contribution in [3.05, 3.63) is 23.7 Å². The Labute approximate surface area is 102 Å². The highest BCUT2D eigenvalue weighted by Gasteiger charge is 2.17. The number of rotatable bonds is 6. The minimum atomic E-state index is 0.189. The number of hydrazine groups is 1. The molecule has 17 heavy (non-hydrogen) atoms. The molecule has 1 saturated heterocycles. The van der Waals surface area contributed by atoms with Crippen LogP contribution in [-0.4, -0.2) is 12.7 Å². The lowest BCUT2D eigenvalue weighted by molar-refractivity contribution is 0.101. The zero-order chi connectivity index (χ0) is 12.1. The molecule has 2 rings (SSSR count). The molecule has 4 nitrogen and oxygen atoms in total. The van der Waals surface area contributed by atoms with Crippen molar-refractivity contribution >= 4 is 0 Å². The minimum absolute atomic E-state index is 0.189. The second-order valence-electron chi connectivity index (χ2n) is 4.78. The van der Waals surface area contributed by atoms with E-state index in [-0.39, 0.29) is 6.04 Å². The van der Waals surface area contributed by atoms with Crippen molar-refractivity contribution in [2.75, 3.05) is 6.61 Å². The van der Waals surface area contributed by atoms with E-state index in [9.17, 15) is 0 Å². The molecule has 1 fully saturated rings. The number of hydrogen-bond acceptors (Lipinski definition) is 4. The average Bonchev–Trinajstić information content (AvgIpc) is 2.96. The first kappa shape index (κ1) is 12.6. The molecular formula is C13H22N2O2. The molecule has 96 valence electrons. The van der Waals surface area contributed by atoms with Crippen LogP contribution in [0, 0.1) is 6.92 Å². The van der Waals surface area contributed by atoms with Gasteiger partial charge in [0.25, 0.3) is 0 Å². The second kappa shape index (κ2) is 6.19. The summed E-state index contributed by atoms with van der Waals surface area (Å²) in [7, 11) is 0. The summed E-state index contributed by atoms with van der Waals surface area (Å²) in [5.41, 5.74) is 3.99. The maximum Gasteiger partial charge on any atom is 0.101 e. The van der Waals surface area contributed by atoms with E-state index in [2.05, 4.69) is 5.43 Å². The van der Waals surface area contributed by atoms with Crippen molar-refractivity contribution in [1.29, 1.82) is 0 Å². The average molecular weight is 238 g/mol. The molecular weight excluding hydrogens is 216 g/mol. The molecule has 0 amide bonds. The summed E-state index contributed by atoms with van der Waals surface area (Å²) < 4.78 is 10.9. The number of nitrogens with two attached hydrogens (primary N) is 1. The molecule has 0 aliphatic carbocycles. The fourth-order valence-corrected chi connectivity index (χ4v) is 2.41. The van der Waals surface area contributed by atoms with E-state index in [1.54, 1.807) is 6.26 Å². The summed E-state index contributed by atoms with van der Waals surface area (Å²) in [5.74, 6) is 6.52. The van der Waals surface area contributed by atoms with Gasteiger partial charge in [0.15, 0.2) is 0 Å². The van der Waals surface area contributed by atoms with Gasteiger partial charge in [-0.1, -0.05) is 0 Å².